The predicted molar refractivity (Wildman–Crippen MR) is 103 cm³/mol. The van der Waals surface area contributed by atoms with Crippen molar-refractivity contribution in [2.45, 2.75) is 31.2 Å². The fraction of sp³-hybridized carbons (Fsp3) is 0.286. The fourth-order valence-corrected chi connectivity index (χ4v) is 3.94. The van der Waals surface area contributed by atoms with Crippen LogP contribution < -0.4 is 15.6 Å². The van der Waals surface area contributed by atoms with Crippen LogP contribution in [0.25, 0.3) is 10.8 Å². The Bertz CT molecular complexity index is 1030. The van der Waals surface area contributed by atoms with Crippen molar-refractivity contribution in [1.82, 2.24) is 15.5 Å². The Kier molecular flexibility index (Phi) is 4.39. The minimum atomic E-state index is -0.428. The lowest BCUT2D eigenvalue weighted by Gasteiger charge is -2.31. The summed E-state index contributed by atoms with van der Waals surface area (Å²) in [5, 5.41) is 10.7. The maximum atomic E-state index is 13.1. The Balaban J connectivity index is 1.71. The average Bonchev–Trinajstić information content (AvgIpc) is 3.18. The summed E-state index contributed by atoms with van der Waals surface area (Å²) >= 11 is 0. The van der Waals surface area contributed by atoms with Gasteiger partial charge in [-0.2, -0.15) is 5.10 Å². The third kappa shape index (κ3) is 3.07. The quantitative estimate of drug-likeness (QED) is 0.746. The first-order valence-corrected chi connectivity index (χ1v) is 9.07. The fourth-order valence-electron chi connectivity index (χ4n) is 3.94. The van der Waals surface area contributed by atoms with Crippen molar-refractivity contribution >= 4 is 16.7 Å². The number of H-pyrrole nitrogens is 1. The standard InChI is InChI=1S/C21H21N3O3/c1-27-15-10-8-14(9-11-15)21(12-4-5-13-21)22-20(26)18-16-6-2-3-7-17(16)19(25)24-23-18/h2-3,6-11H,4-5,12-13H2,1H3,(H,22,26)(H,24,25). The minimum Gasteiger partial charge on any atom is -0.497 e. The van der Waals surface area contributed by atoms with E-state index in [4.69, 9.17) is 4.74 Å². The van der Waals surface area contributed by atoms with Gasteiger partial charge >= 0.3 is 0 Å². The second-order valence-corrected chi connectivity index (χ2v) is 6.92. The smallest absolute Gasteiger partial charge is 0.273 e. The lowest BCUT2D eigenvalue weighted by atomic mass is 9.87. The normalized spacial score (nSPS) is 15.6. The molecule has 0 spiro atoms. The highest BCUT2D eigenvalue weighted by molar-refractivity contribution is 6.05. The van der Waals surface area contributed by atoms with Gasteiger partial charge in [-0.15, -0.1) is 0 Å². The van der Waals surface area contributed by atoms with Crippen LogP contribution in [-0.2, 0) is 5.54 Å². The molecule has 1 aromatic heterocycles. The summed E-state index contributed by atoms with van der Waals surface area (Å²) in [4.78, 5) is 25.1. The molecule has 0 atom stereocenters. The second-order valence-electron chi connectivity index (χ2n) is 6.92. The SMILES string of the molecule is COc1ccc(C2(NC(=O)c3n[nH]c(=O)c4ccccc34)CCCC2)cc1. The van der Waals surface area contributed by atoms with Gasteiger partial charge in [0.15, 0.2) is 5.69 Å². The van der Waals surface area contributed by atoms with Crippen LogP contribution in [0.2, 0.25) is 0 Å². The molecule has 6 nitrogen and oxygen atoms in total. The van der Waals surface area contributed by atoms with Crippen LogP contribution in [0.3, 0.4) is 0 Å². The van der Waals surface area contributed by atoms with E-state index in [1.165, 1.54) is 0 Å². The first kappa shape index (κ1) is 17.3. The molecule has 6 heteroatoms. The molecule has 0 saturated heterocycles. The number of nitrogens with one attached hydrogen (secondary N) is 2. The molecule has 0 radical (unpaired) electrons. The summed E-state index contributed by atoms with van der Waals surface area (Å²) < 4.78 is 5.24. The van der Waals surface area contributed by atoms with Crippen LogP contribution in [-0.4, -0.2) is 23.2 Å². The summed E-state index contributed by atoms with van der Waals surface area (Å²) in [6.07, 6.45) is 3.83. The van der Waals surface area contributed by atoms with Crippen molar-refractivity contribution in [3.8, 4) is 5.75 Å². The molecule has 2 N–H and O–H groups in total. The number of fused-ring (bicyclic) bond motifs is 1. The zero-order valence-corrected chi connectivity index (χ0v) is 15.1. The van der Waals surface area contributed by atoms with Crippen LogP contribution >= 0.6 is 0 Å². The number of aromatic amines is 1. The van der Waals surface area contributed by atoms with Gasteiger partial charge in [0.25, 0.3) is 11.5 Å². The lowest BCUT2D eigenvalue weighted by molar-refractivity contribution is 0.0894. The van der Waals surface area contributed by atoms with E-state index in [1.54, 1.807) is 31.4 Å². The zero-order chi connectivity index (χ0) is 18.9. The number of aromatic nitrogens is 2. The van der Waals surface area contributed by atoms with Gasteiger partial charge in [-0.3, -0.25) is 9.59 Å². The van der Waals surface area contributed by atoms with E-state index in [1.807, 2.05) is 24.3 Å². The molecule has 1 aliphatic rings. The van der Waals surface area contributed by atoms with Gasteiger partial charge < -0.3 is 10.1 Å². The molecule has 3 aromatic rings. The summed E-state index contributed by atoms with van der Waals surface area (Å²) in [5.74, 6) is 0.506. The number of rotatable bonds is 4. The van der Waals surface area contributed by atoms with Gasteiger partial charge in [0.1, 0.15) is 5.75 Å². The highest BCUT2D eigenvalue weighted by atomic mass is 16.5. The number of carbonyl (C=O) groups is 1. The number of amides is 1. The molecule has 1 fully saturated rings. The maximum absolute atomic E-state index is 13.1. The van der Waals surface area contributed by atoms with Gasteiger partial charge in [-0.1, -0.05) is 43.2 Å². The number of nitrogens with zero attached hydrogens (tertiary/aromatic N) is 1. The number of methoxy groups -OCH3 is 1. The number of hydrogen-bond donors (Lipinski definition) is 2. The van der Waals surface area contributed by atoms with E-state index >= 15 is 0 Å². The Labute approximate surface area is 156 Å². The van der Waals surface area contributed by atoms with E-state index in [9.17, 15) is 9.59 Å². The van der Waals surface area contributed by atoms with Crippen molar-refractivity contribution in [3.05, 3.63) is 70.1 Å². The van der Waals surface area contributed by atoms with Crippen molar-refractivity contribution in [1.29, 1.82) is 0 Å². The van der Waals surface area contributed by atoms with E-state index in [0.717, 1.165) is 37.0 Å². The molecule has 1 saturated carbocycles. The zero-order valence-electron chi connectivity index (χ0n) is 15.1. The Morgan fingerprint density at radius 2 is 1.74 bits per heavy atom. The summed E-state index contributed by atoms with van der Waals surface area (Å²) in [5.41, 5.74) is 0.572. The molecular weight excluding hydrogens is 342 g/mol. The molecule has 0 unspecified atom stereocenters. The summed E-state index contributed by atoms with van der Waals surface area (Å²) in [7, 11) is 1.63. The molecule has 138 valence electrons. The van der Waals surface area contributed by atoms with Crippen molar-refractivity contribution in [2.75, 3.05) is 7.11 Å². The average molecular weight is 363 g/mol. The van der Waals surface area contributed by atoms with Gasteiger partial charge in [-0.25, -0.2) is 5.10 Å². The van der Waals surface area contributed by atoms with Crippen molar-refractivity contribution < 1.29 is 9.53 Å². The molecule has 27 heavy (non-hydrogen) atoms. The highest BCUT2D eigenvalue weighted by Gasteiger charge is 2.37. The Hall–Kier alpha value is -3.15. The lowest BCUT2D eigenvalue weighted by Crippen LogP contribution is -2.44. The van der Waals surface area contributed by atoms with Crippen molar-refractivity contribution in [3.63, 3.8) is 0 Å². The molecule has 2 aromatic carbocycles. The Morgan fingerprint density at radius 1 is 1.07 bits per heavy atom. The van der Waals surface area contributed by atoms with Crippen LogP contribution in [0.4, 0.5) is 0 Å². The molecule has 0 bridgehead atoms. The number of ether oxygens (including phenoxy) is 1. The van der Waals surface area contributed by atoms with Crippen LogP contribution in [0.1, 0.15) is 41.7 Å². The highest BCUT2D eigenvalue weighted by Crippen LogP contribution is 2.39. The number of hydrogen-bond acceptors (Lipinski definition) is 4. The summed E-state index contributed by atoms with van der Waals surface area (Å²) in [6, 6.07) is 14.9. The molecular formula is C21H21N3O3. The molecule has 1 aliphatic carbocycles. The molecule has 1 amide bonds. The second kappa shape index (κ2) is 6.87. The van der Waals surface area contributed by atoms with Gasteiger partial charge in [0, 0.05) is 5.39 Å². The molecule has 1 heterocycles. The third-order valence-corrected chi connectivity index (χ3v) is 5.36. The topological polar surface area (TPSA) is 84.1 Å². The molecule has 0 aliphatic heterocycles. The van der Waals surface area contributed by atoms with Gasteiger partial charge in [0.2, 0.25) is 0 Å². The third-order valence-electron chi connectivity index (χ3n) is 5.36. The summed E-state index contributed by atoms with van der Waals surface area (Å²) in [6.45, 7) is 0. The van der Waals surface area contributed by atoms with E-state index in [0.29, 0.717) is 10.8 Å². The monoisotopic (exact) mass is 363 g/mol. The Morgan fingerprint density at radius 3 is 2.41 bits per heavy atom. The van der Waals surface area contributed by atoms with Crippen LogP contribution in [0.5, 0.6) is 5.75 Å². The molecule has 4 rings (SSSR count). The van der Waals surface area contributed by atoms with E-state index in [2.05, 4.69) is 15.5 Å². The minimum absolute atomic E-state index is 0.241. The van der Waals surface area contributed by atoms with E-state index in [-0.39, 0.29) is 17.2 Å². The van der Waals surface area contributed by atoms with E-state index < -0.39 is 5.54 Å². The van der Waals surface area contributed by atoms with Crippen LogP contribution in [0, 0.1) is 0 Å². The number of carbonyl (C=O) groups excluding carboxylic acids is 1. The first-order chi connectivity index (χ1) is 13.1. The van der Waals surface area contributed by atoms with Gasteiger partial charge in [-0.05, 0) is 36.6 Å². The first-order valence-electron chi connectivity index (χ1n) is 9.07. The maximum Gasteiger partial charge on any atom is 0.273 e. The van der Waals surface area contributed by atoms with Crippen molar-refractivity contribution in [2.24, 2.45) is 0 Å². The van der Waals surface area contributed by atoms with Crippen LogP contribution in [0.15, 0.2) is 53.3 Å². The van der Waals surface area contributed by atoms with Gasteiger partial charge in [0.05, 0.1) is 18.0 Å². The number of benzene rings is 2. The largest absolute Gasteiger partial charge is 0.497 e. The predicted octanol–water partition coefficient (Wildman–Crippen LogP) is 3.13.